The Hall–Kier alpha value is -1.51. The van der Waals surface area contributed by atoms with Crippen molar-refractivity contribution in [2.75, 3.05) is 12.3 Å². The van der Waals surface area contributed by atoms with Crippen LogP contribution in [0.1, 0.15) is 19.4 Å². The summed E-state index contributed by atoms with van der Waals surface area (Å²) in [5.74, 6) is 0.849. The van der Waals surface area contributed by atoms with Crippen LogP contribution in [0.25, 0.3) is 0 Å². The van der Waals surface area contributed by atoms with Gasteiger partial charge in [0.25, 0.3) is 0 Å². The van der Waals surface area contributed by atoms with Gasteiger partial charge in [0.1, 0.15) is 11.5 Å². The van der Waals surface area contributed by atoms with Crippen LogP contribution >= 0.6 is 0 Å². The largest absolute Gasteiger partial charge is 0.494 e. The molecule has 2 N–H and O–H groups in total. The first kappa shape index (κ1) is 10.6. The zero-order chi connectivity index (χ0) is 10.6. The lowest BCUT2D eigenvalue weighted by molar-refractivity contribution is -0.116. The van der Waals surface area contributed by atoms with Crippen molar-refractivity contribution in [3.63, 3.8) is 0 Å². The Morgan fingerprint density at radius 1 is 1.43 bits per heavy atom. The number of carbonyl (C=O) groups is 1. The molecule has 0 fully saturated rings. The van der Waals surface area contributed by atoms with Crippen LogP contribution in [0.5, 0.6) is 5.75 Å². The summed E-state index contributed by atoms with van der Waals surface area (Å²) in [6.45, 7) is 4.07. The van der Waals surface area contributed by atoms with E-state index in [-0.39, 0.29) is 5.78 Å². The molecular weight excluding hydrogens is 178 g/mol. The average molecular weight is 193 g/mol. The van der Waals surface area contributed by atoms with E-state index in [2.05, 4.69) is 0 Å². The summed E-state index contributed by atoms with van der Waals surface area (Å²) in [6, 6.07) is 5.40. The zero-order valence-corrected chi connectivity index (χ0v) is 8.54. The minimum atomic E-state index is 0.123. The first-order valence-electron chi connectivity index (χ1n) is 4.63. The highest BCUT2D eigenvalue weighted by atomic mass is 16.5. The van der Waals surface area contributed by atoms with Crippen LogP contribution in [0.2, 0.25) is 0 Å². The van der Waals surface area contributed by atoms with E-state index in [1.165, 1.54) is 0 Å². The van der Waals surface area contributed by atoms with Gasteiger partial charge in [-0.05, 0) is 31.5 Å². The van der Waals surface area contributed by atoms with E-state index in [0.29, 0.717) is 18.7 Å². The third-order valence-electron chi connectivity index (χ3n) is 1.75. The molecule has 14 heavy (non-hydrogen) atoms. The minimum Gasteiger partial charge on any atom is -0.494 e. The van der Waals surface area contributed by atoms with Crippen LogP contribution in [-0.4, -0.2) is 12.4 Å². The molecule has 1 aromatic carbocycles. The fraction of sp³-hybridized carbons (Fsp3) is 0.364. The van der Waals surface area contributed by atoms with E-state index in [0.717, 1.165) is 11.3 Å². The van der Waals surface area contributed by atoms with Crippen LogP contribution in [0.3, 0.4) is 0 Å². The third-order valence-corrected chi connectivity index (χ3v) is 1.75. The maximum atomic E-state index is 10.9. The van der Waals surface area contributed by atoms with Crippen LogP contribution < -0.4 is 10.5 Å². The lowest BCUT2D eigenvalue weighted by Gasteiger charge is -2.06. The molecule has 0 spiro atoms. The molecule has 3 heteroatoms. The number of ether oxygens (including phenoxy) is 1. The molecule has 0 unspecified atom stereocenters. The fourth-order valence-electron chi connectivity index (χ4n) is 1.33. The quantitative estimate of drug-likeness (QED) is 0.742. The number of nitrogen functional groups attached to an aromatic ring is 1. The van der Waals surface area contributed by atoms with E-state index >= 15 is 0 Å². The first-order valence-corrected chi connectivity index (χ1v) is 4.63. The molecule has 0 heterocycles. The van der Waals surface area contributed by atoms with Gasteiger partial charge in [0, 0.05) is 18.2 Å². The van der Waals surface area contributed by atoms with Gasteiger partial charge in [-0.3, -0.25) is 4.79 Å². The van der Waals surface area contributed by atoms with Gasteiger partial charge < -0.3 is 10.5 Å². The summed E-state index contributed by atoms with van der Waals surface area (Å²) in [4.78, 5) is 10.9. The van der Waals surface area contributed by atoms with Crippen molar-refractivity contribution in [3.05, 3.63) is 23.8 Å². The topological polar surface area (TPSA) is 52.3 Å². The van der Waals surface area contributed by atoms with Crippen molar-refractivity contribution in [3.8, 4) is 5.75 Å². The van der Waals surface area contributed by atoms with Crippen molar-refractivity contribution in [2.24, 2.45) is 0 Å². The second-order valence-corrected chi connectivity index (χ2v) is 3.22. The van der Waals surface area contributed by atoms with Gasteiger partial charge >= 0.3 is 0 Å². The van der Waals surface area contributed by atoms with Gasteiger partial charge in [0.15, 0.2) is 0 Å². The third kappa shape index (κ3) is 3.09. The summed E-state index contributed by atoms with van der Waals surface area (Å²) in [5, 5.41) is 0. The average Bonchev–Trinajstić information content (AvgIpc) is 2.01. The summed E-state index contributed by atoms with van der Waals surface area (Å²) in [6.07, 6.45) is 0.408. The Kier molecular flexibility index (Phi) is 3.51. The number of anilines is 1. The molecule has 1 rings (SSSR count). The van der Waals surface area contributed by atoms with Gasteiger partial charge in [-0.15, -0.1) is 0 Å². The van der Waals surface area contributed by atoms with Gasteiger partial charge in [-0.1, -0.05) is 0 Å². The molecule has 0 bridgehead atoms. The normalized spacial score (nSPS) is 9.86. The molecule has 0 aliphatic rings. The minimum absolute atomic E-state index is 0.123. The molecule has 0 aliphatic heterocycles. The molecule has 0 saturated carbocycles. The molecule has 0 aromatic heterocycles. The fourth-order valence-corrected chi connectivity index (χ4v) is 1.33. The van der Waals surface area contributed by atoms with Crippen LogP contribution in [0, 0.1) is 0 Å². The molecular formula is C11H15NO2. The van der Waals surface area contributed by atoms with E-state index in [1.807, 2.05) is 13.0 Å². The first-order chi connectivity index (χ1) is 6.61. The predicted molar refractivity (Wildman–Crippen MR) is 56.4 cm³/mol. The van der Waals surface area contributed by atoms with E-state index in [9.17, 15) is 4.79 Å². The predicted octanol–water partition coefficient (Wildman–Crippen LogP) is 1.80. The van der Waals surface area contributed by atoms with Crippen molar-refractivity contribution < 1.29 is 9.53 Å². The van der Waals surface area contributed by atoms with Gasteiger partial charge in [0.2, 0.25) is 0 Å². The van der Waals surface area contributed by atoms with Crippen molar-refractivity contribution in [1.82, 2.24) is 0 Å². The van der Waals surface area contributed by atoms with E-state index < -0.39 is 0 Å². The number of ketones is 1. The van der Waals surface area contributed by atoms with Crippen molar-refractivity contribution >= 4 is 11.5 Å². The molecule has 0 amide bonds. The van der Waals surface area contributed by atoms with Crippen molar-refractivity contribution in [1.29, 1.82) is 0 Å². The number of carbonyl (C=O) groups excluding carboxylic acids is 1. The Labute approximate surface area is 83.9 Å². The maximum absolute atomic E-state index is 10.9. The Bertz CT molecular complexity index is 334. The smallest absolute Gasteiger partial charge is 0.134 e. The molecule has 3 nitrogen and oxygen atoms in total. The monoisotopic (exact) mass is 193 g/mol. The summed E-state index contributed by atoms with van der Waals surface area (Å²) < 4.78 is 5.32. The highest BCUT2D eigenvalue weighted by molar-refractivity contribution is 5.78. The van der Waals surface area contributed by atoms with Crippen molar-refractivity contribution in [2.45, 2.75) is 20.3 Å². The Morgan fingerprint density at radius 2 is 2.14 bits per heavy atom. The van der Waals surface area contributed by atoms with Gasteiger partial charge in [0.05, 0.1) is 6.61 Å². The highest BCUT2D eigenvalue weighted by Gasteiger charge is 2.02. The summed E-state index contributed by atoms with van der Waals surface area (Å²) in [7, 11) is 0. The summed E-state index contributed by atoms with van der Waals surface area (Å²) >= 11 is 0. The number of hydrogen-bond donors (Lipinski definition) is 1. The summed E-state index contributed by atoms with van der Waals surface area (Å²) in [5.41, 5.74) is 7.21. The molecule has 0 atom stereocenters. The zero-order valence-electron chi connectivity index (χ0n) is 8.54. The van der Waals surface area contributed by atoms with Gasteiger partial charge in [-0.2, -0.15) is 0 Å². The van der Waals surface area contributed by atoms with E-state index in [4.69, 9.17) is 10.5 Å². The Morgan fingerprint density at radius 3 is 2.71 bits per heavy atom. The number of nitrogens with two attached hydrogens (primary N) is 1. The molecule has 0 saturated heterocycles. The molecule has 1 aromatic rings. The van der Waals surface area contributed by atoms with Crippen LogP contribution in [0.15, 0.2) is 18.2 Å². The lowest BCUT2D eigenvalue weighted by Crippen LogP contribution is -1.99. The Balaban J connectivity index is 2.88. The van der Waals surface area contributed by atoms with Crippen LogP contribution in [0.4, 0.5) is 5.69 Å². The second kappa shape index (κ2) is 4.65. The number of benzene rings is 1. The SMILES string of the molecule is CCOc1cc(N)cc(CC(C)=O)c1. The van der Waals surface area contributed by atoms with E-state index in [1.54, 1.807) is 19.1 Å². The number of hydrogen-bond acceptors (Lipinski definition) is 3. The second-order valence-electron chi connectivity index (χ2n) is 3.22. The molecule has 76 valence electrons. The number of Topliss-reactive ketones (excluding diaryl/α,β-unsaturated/α-hetero) is 1. The van der Waals surface area contributed by atoms with Crippen LogP contribution in [-0.2, 0) is 11.2 Å². The highest BCUT2D eigenvalue weighted by Crippen LogP contribution is 2.19. The number of rotatable bonds is 4. The maximum Gasteiger partial charge on any atom is 0.134 e. The standard InChI is InChI=1S/C11H15NO2/c1-3-14-11-6-9(4-8(2)13)5-10(12)7-11/h5-7H,3-4,12H2,1-2H3. The lowest BCUT2D eigenvalue weighted by atomic mass is 10.1. The van der Waals surface area contributed by atoms with Gasteiger partial charge in [-0.25, -0.2) is 0 Å². The molecule has 0 aliphatic carbocycles. The molecule has 0 radical (unpaired) electrons.